The van der Waals surface area contributed by atoms with Crippen molar-refractivity contribution in [2.24, 2.45) is 16.8 Å². The van der Waals surface area contributed by atoms with Gasteiger partial charge in [-0.3, -0.25) is 4.99 Å². The highest BCUT2D eigenvalue weighted by Gasteiger charge is 2.25. The van der Waals surface area contributed by atoms with Crippen molar-refractivity contribution in [3.63, 3.8) is 0 Å². The van der Waals surface area contributed by atoms with Crippen molar-refractivity contribution in [1.29, 1.82) is 0 Å². The number of aliphatic imine (C=N–C) groups is 1. The van der Waals surface area contributed by atoms with Gasteiger partial charge in [-0.2, -0.15) is 0 Å². The average molecular weight is 567 g/mol. The summed E-state index contributed by atoms with van der Waals surface area (Å²) in [4.78, 5) is 8.18. The highest BCUT2D eigenvalue weighted by atomic mass is 127. The van der Waals surface area contributed by atoms with Crippen LogP contribution in [-0.4, -0.2) is 63.5 Å². The molecule has 2 aliphatic rings. The Labute approximate surface area is 203 Å². The molecule has 1 aromatic carbocycles. The van der Waals surface area contributed by atoms with Crippen LogP contribution in [0.4, 0.5) is 0 Å². The summed E-state index contributed by atoms with van der Waals surface area (Å²) >= 11 is 1.91. The first kappa shape index (κ1) is 25.7. The summed E-state index contributed by atoms with van der Waals surface area (Å²) in [5, 5.41) is 3.33. The largest absolute Gasteiger partial charge is 0.357 e. The molecule has 1 saturated heterocycles. The molecule has 1 saturated carbocycles. The monoisotopic (exact) mass is 566 g/mol. The molecule has 3 rings (SSSR count). The van der Waals surface area contributed by atoms with Gasteiger partial charge in [0, 0.05) is 36.8 Å². The molecule has 1 aliphatic carbocycles. The molecule has 0 spiro atoms. The Morgan fingerprint density at radius 3 is 2.63 bits per heavy atom. The van der Waals surface area contributed by atoms with Gasteiger partial charge in [0.15, 0.2) is 5.96 Å². The van der Waals surface area contributed by atoms with Crippen LogP contribution in [0.5, 0.6) is 0 Å². The van der Waals surface area contributed by atoms with Crippen molar-refractivity contribution in [3.05, 3.63) is 30.3 Å². The van der Waals surface area contributed by atoms with Gasteiger partial charge in [-0.05, 0) is 50.2 Å². The van der Waals surface area contributed by atoms with Crippen LogP contribution in [0.25, 0.3) is 0 Å². The number of rotatable bonds is 10. The average Bonchev–Trinajstić information content (AvgIpc) is 3.14. The molecule has 2 N–H and O–H groups in total. The Bertz CT molecular complexity index is 758. The van der Waals surface area contributed by atoms with Gasteiger partial charge in [0.05, 0.1) is 12.3 Å². The summed E-state index contributed by atoms with van der Waals surface area (Å²) in [5.74, 6) is 3.14. The zero-order chi connectivity index (χ0) is 20.5. The zero-order valence-electron chi connectivity index (χ0n) is 17.8. The van der Waals surface area contributed by atoms with Gasteiger partial charge < -0.3 is 10.2 Å². The molecule has 2 fully saturated rings. The topological polar surface area (TPSA) is 73.8 Å². The number of sulfonamides is 1. The van der Waals surface area contributed by atoms with Crippen molar-refractivity contribution in [2.75, 3.05) is 44.2 Å². The number of hydrogen-bond acceptors (Lipinski definition) is 4. The minimum Gasteiger partial charge on any atom is -0.357 e. The molecule has 0 bridgehead atoms. The smallest absolute Gasteiger partial charge is 0.213 e. The second-order valence-electron chi connectivity index (χ2n) is 7.92. The lowest BCUT2D eigenvalue weighted by Crippen LogP contribution is -2.41. The lowest BCUT2D eigenvalue weighted by Gasteiger charge is -2.25. The van der Waals surface area contributed by atoms with E-state index in [2.05, 4.69) is 44.2 Å². The summed E-state index contributed by atoms with van der Waals surface area (Å²) in [6.07, 6.45) is 4.66. The standard InChI is InChI=1S/C21H34N4O2S2.HI/c1-2-22-21(23-12-14-29(26,27)24-15-18-7-6-8-18)25-13-11-19(16-25)17-28-20-9-4-3-5-10-20;/h3-5,9-10,18-19,24H,2,6-8,11-17H2,1H3,(H,22,23);1H. The van der Waals surface area contributed by atoms with E-state index < -0.39 is 10.0 Å². The highest BCUT2D eigenvalue weighted by Crippen LogP contribution is 2.26. The van der Waals surface area contributed by atoms with E-state index in [1.54, 1.807) is 0 Å². The van der Waals surface area contributed by atoms with E-state index in [0.717, 1.165) is 50.6 Å². The van der Waals surface area contributed by atoms with Crippen LogP contribution in [0.15, 0.2) is 40.2 Å². The molecule has 9 heteroatoms. The Hall–Kier alpha value is -0.520. The van der Waals surface area contributed by atoms with E-state index in [9.17, 15) is 8.42 Å². The fraction of sp³-hybridized carbons (Fsp3) is 0.667. The number of benzene rings is 1. The van der Waals surface area contributed by atoms with Crippen LogP contribution in [-0.2, 0) is 10.0 Å². The van der Waals surface area contributed by atoms with Crippen molar-refractivity contribution in [3.8, 4) is 0 Å². The maximum absolute atomic E-state index is 12.2. The van der Waals surface area contributed by atoms with Crippen LogP contribution >= 0.6 is 35.7 Å². The number of hydrogen-bond donors (Lipinski definition) is 2. The number of thioether (sulfide) groups is 1. The lowest BCUT2D eigenvalue weighted by molar-refractivity contribution is 0.316. The minimum absolute atomic E-state index is 0. The molecule has 1 atom stereocenters. The van der Waals surface area contributed by atoms with E-state index in [1.165, 1.54) is 11.3 Å². The number of guanidine groups is 1. The Morgan fingerprint density at radius 1 is 1.20 bits per heavy atom. The lowest BCUT2D eigenvalue weighted by atomic mass is 9.86. The molecule has 0 aromatic heterocycles. The fourth-order valence-electron chi connectivity index (χ4n) is 3.60. The first-order chi connectivity index (χ1) is 14.1. The van der Waals surface area contributed by atoms with E-state index >= 15 is 0 Å². The number of halogens is 1. The summed E-state index contributed by atoms with van der Waals surface area (Å²) in [6, 6.07) is 10.5. The van der Waals surface area contributed by atoms with Gasteiger partial charge in [0.1, 0.15) is 0 Å². The maximum Gasteiger partial charge on any atom is 0.213 e. The quantitative estimate of drug-likeness (QED) is 0.197. The molecular formula is C21H35IN4O2S2. The molecule has 0 radical (unpaired) electrons. The van der Waals surface area contributed by atoms with Gasteiger partial charge in [0.2, 0.25) is 10.0 Å². The van der Waals surface area contributed by atoms with Gasteiger partial charge in [0.25, 0.3) is 0 Å². The normalized spacial score (nSPS) is 20.0. The van der Waals surface area contributed by atoms with E-state index in [4.69, 9.17) is 0 Å². The van der Waals surface area contributed by atoms with Crippen molar-refractivity contribution in [2.45, 2.75) is 37.5 Å². The number of nitrogens with zero attached hydrogens (tertiary/aromatic N) is 2. The van der Waals surface area contributed by atoms with Gasteiger partial charge in [-0.15, -0.1) is 35.7 Å². The van der Waals surface area contributed by atoms with Gasteiger partial charge >= 0.3 is 0 Å². The van der Waals surface area contributed by atoms with Crippen LogP contribution in [0.3, 0.4) is 0 Å². The summed E-state index contributed by atoms with van der Waals surface area (Å²) in [5.41, 5.74) is 0. The Morgan fingerprint density at radius 2 is 1.97 bits per heavy atom. The van der Waals surface area contributed by atoms with Crippen LogP contribution < -0.4 is 10.0 Å². The molecule has 30 heavy (non-hydrogen) atoms. The summed E-state index contributed by atoms with van der Waals surface area (Å²) < 4.78 is 27.1. The van der Waals surface area contributed by atoms with Crippen LogP contribution in [0.1, 0.15) is 32.6 Å². The third kappa shape index (κ3) is 8.55. The summed E-state index contributed by atoms with van der Waals surface area (Å²) in [7, 11) is -3.24. The predicted octanol–water partition coefficient (Wildman–Crippen LogP) is 3.40. The van der Waals surface area contributed by atoms with Crippen LogP contribution in [0, 0.1) is 11.8 Å². The van der Waals surface area contributed by atoms with Crippen molar-refractivity contribution < 1.29 is 8.42 Å². The fourth-order valence-corrected chi connectivity index (χ4v) is 5.62. The molecule has 1 aromatic rings. The SMILES string of the molecule is CCNC(=NCCS(=O)(=O)NCC1CCC1)N1CCC(CSc2ccccc2)C1.I. The van der Waals surface area contributed by atoms with E-state index in [-0.39, 0.29) is 29.7 Å². The van der Waals surface area contributed by atoms with Gasteiger partial charge in [-0.25, -0.2) is 13.1 Å². The number of likely N-dealkylation sites (tertiary alicyclic amines) is 1. The molecule has 1 aliphatic heterocycles. The molecule has 6 nitrogen and oxygen atoms in total. The minimum atomic E-state index is -3.24. The molecule has 0 amide bonds. The second-order valence-corrected chi connectivity index (χ2v) is 10.9. The number of nitrogens with one attached hydrogen (secondary N) is 2. The molecule has 1 unspecified atom stereocenters. The predicted molar refractivity (Wildman–Crippen MR) is 137 cm³/mol. The third-order valence-corrected chi connectivity index (χ3v) is 8.16. The van der Waals surface area contributed by atoms with E-state index in [0.29, 0.717) is 24.9 Å². The van der Waals surface area contributed by atoms with Crippen molar-refractivity contribution >= 4 is 51.7 Å². The third-order valence-electron chi connectivity index (χ3n) is 5.59. The molecule has 170 valence electrons. The first-order valence-corrected chi connectivity index (χ1v) is 13.4. The molecule has 1 heterocycles. The molecular weight excluding hydrogens is 531 g/mol. The maximum atomic E-state index is 12.2. The highest BCUT2D eigenvalue weighted by molar-refractivity contribution is 14.0. The zero-order valence-corrected chi connectivity index (χ0v) is 21.7. The van der Waals surface area contributed by atoms with Gasteiger partial charge in [-0.1, -0.05) is 24.6 Å². The summed E-state index contributed by atoms with van der Waals surface area (Å²) in [6.45, 7) is 5.65. The van der Waals surface area contributed by atoms with Crippen LogP contribution in [0.2, 0.25) is 0 Å². The first-order valence-electron chi connectivity index (χ1n) is 10.7. The Balaban J connectivity index is 0.00000320. The van der Waals surface area contributed by atoms with Crippen molar-refractivity contribution in [1.82, 2.24) is 14.9 Å². The second kappa shape index (κ2) is 13.1. The Kier molecular flexibility index (Phi) is 11.3. The van der Waals surface area contributed by atoms with E-state index in [1.807, 2.05) is 24.8 Å².